The first-order valence-electron chi connectivity index (χ1n) is 2.92. The molecule has 2 atom stereocenters. The summed E-state index contributed by atoms with van der Waals surface area (Å²) in [6.07, 6.45) is 0.562. The molecule has 1 aliphatic rings. The van der Waals surface area contributed by atoms with E-state index in [0.717, 1.165) is 0 Å². The SMILES string of the molecule is N[C@@H]1C(=O)N[C@@H]1CCO. The van der Waals surface area contributed by atoms with Crippen LogP contribution in [0.1, 0.15) is 6.42 Å². The minimum absolute atomic E-state index is 0.00231. The predicted octanol–water partition coefficient (Wildman–Crippen LogP) is -1.81. The summed E-state index contributed by atoms with van der Waals surface area (Å²) >= 11 is 0. The number of β-lactam (4-membered cyclic amide) rings is 1. The number of aliphatic hydroxyl groups is 1. The average Bonchev–Trinajstić information content (AvgIpc) is 1.88. The van der Waals surface area contributed by atoms with Gasteiger partial charge in [-0.15, -0.1) is 0 Å². The third-order valence-corrected chi connectivity index (χ3v) is 1.50. The van der Waals surface area contributed by atoms with Gasteiger partial charge in [0, 0.05) is 6.61 Å². The third kappa shape index (κ3) is 1.04. The number of nitrogens with one attached hydrogen (secondary N) is 1. The Kier molecular flexibility index (Phi) is 1.68. The second kappa shape index (κ2) is 2.33. The molecule has 1 aliphatic heterocycles. The van der Waals surface area contributed by atoms with Gasteiger partial charge in [-0.25, -0.2) is 0 Å². The monoisotopic (exact) mass is 130 g/mol. The minimum atomic E-state index is -0.392. The molecular formula is C5H10N2O2. The van der Waals surface area contributed by atoms with E-state index in [0.29, 0.717) is 6.42 Å². The first kappa shape index (κ1) is 6.51. The highest BCUT2D eigenvalue weighted by atomic mass is 16.3. The first-order chi connectivity index (χ1) is 4.25. The lowest BCUT2D eigenvalue weighted by molar-refractivity contribution is -0.130. The van der Waals surface area contributed by atoms with Gasteiger partial charge in [-0.2, -0.15) is 0 Å². The van der Waals surface area contributed by atoms with Gasteiger partial charge in [0.2, 0.25) is 5.91 Å². The van der Waals surface area contributed by atoms with E-state index in [1.54, 1.807) is 0 Å². The summed E-state index contributed by atoms with van der Waals surface area (Å²) in [5.74, 6) is -0.117. The molecule has 1 saturated heterocycles. The fourth-order valence-corrected chi connectivity index (χ4v) is 0.846. The van der Waals surface area contributed by atoms with Gasteiger partial charge in [0.15, 0.2) is 0 Å². The van der Waals surface area contributed by atoms with Crippen molar-refractivity contribution in [2.24, 2.45) is 5.73 Å². The number of nitrogens with two attached hydrogens (primary N) is 1. The first-order valence-corrected chi connectivity index (χ1v) is 2.92. The standard InChI is InChI=1S/C5H10N2O2/c6-4-3(1-2-8)7-5(4)9/h3-4,8H,1-2,6H2,(H,7,9)/t3-,4+/m1/s1. The topological polar surface area (TPSA) is 75.4 Å². The van der Waals surface area contributed by atoms with Gasteiger partial charge < -0.3 is 16.2 Å². The van der Waals surface area contributed by atoms with Crippen LogP contribution in [0.5, 0.6) is 0 Å². The molecule has 0 bridgehead atoms. The van der Waals surface area contributed by atoms with Crippen LogP contribution in [0.15, 0.2) is 0 Å². The Hall–Kier alpha value is -0.610. The van der Waals surface area contributed by atoms with Gasteiger partial charge in [-0.3, -0.25) is 4.79 Å². The molecule has 1 amide bonds. The van der Waals surface area contributed by atoms with E-state index in [2.05, 4.69) is 5.32 Å². The molecule has 4 heteroatoms. The van der Waals surface area contributed by atoms with Gasteiger partial charge in [-0.1, -0.05) is 0 Å². The van der Waals surface area contributed by atoms with E-state index in [9.17, 15) is 4.79 Å². The summed E-state index contributed by atoms with van der Waals surface area (Å²) in [6.45, 7) is 0.0820. The van der Waals surface area contributed by atoms with Crippen LogP contribution in [-0.4, -0.2) is 29.7 Å². The molecule has 9 heavy (non-hydrogen) atoms. The Morgan fingerprint density at radius 3 is 2.78 bits per heavy atom. The lowest BCUT2D eigenvalue weighted by Crippen LogP contribution is -2.66. The lowest BCUT2D eigenvalue weighted by Gasteiger charge is -2.33. The molecule has 0 aromatic rings. The van der Waals surface area contributed by atoms with Crippen molar-refractivity contribution in [3.8, 4) is 0 Å². The van der Waals surface area contributed by atoms with Crippen LogP contribution in [0.2, 0.25) is 0 Å². The summed E-state index contributed by atoms with van der Waals surface area (Å²) in [4.78, 5) is 10.4. The number of carbonyl (C=O) groups is 1. The normalized spacial score (nSPS) is 33.3. The Balaban J connectivity index is 2.25. The molecule has 1 fully saturated rings. The van der Waals surface area contributed by atoms with Crippen molar-refractivity contribution in [2.75, 3.05) is 6.61 Å². The quantitative estimate of drug-likeness (QED) is 0.386. The Morgan fingerprint density at radius 1 is 1.78 bits per heavy atom. The Labute approximate surface area is 53.0 Å². The Morgan fingerprint density at radius 2 is 2.44 bits per heavy atom. The van der Waals surface area contributed by atoms with Gasteiger partial charge in [-0.05, 0) is 6.42 Å². The van der Waals surface area contributed by atoms with Crippen LogP contribution in [0, 0.1) is 0 Å². The molecule has 0 aromatic carbocycles. The molecule has 1 rings (SSSR count). The molecule has 0 unspecified atom stereocenters. The predicted molar refractivity (Wildman–Crippen MR) is 31.6 cm³/mol. The maximum absolute atomic E-state index is 10.4. The van der Waals surface area contributed by atoms with Gasteiger partial charge >= 0.3 is 0 Å². The lowest BCUT2D eigenvalue weighted by atomic mass is 9.97. The van der Waals surface area contributed by atoms with Crippen molar-refractivity contribution < 1.29 is 9.90 Å². The van der Waals surface area contributed by atoms with Crippen LogP contribution < -0.4 is 11.1 Å². The molecule has 0 saturated carbocycles. The molecule has 4 nitrogen and oxygen atoms in total. The number of hydrogen-bond donors (Lipinski definition) is 3. The van der Waals surface area contributed by atoms with Gasteiger partial charge in [0.1, 0.15) is 6.04 Å². The highest BCUT2D eigenvalue weighted by Crippen LogP contribution is 2.05. The molecule has 0 spiro atoms. The van der Waals surface area contributed by atoms with E-state index < -0.39 is 6.04 Å². The third-order valence-electron chi connectivity index (χ3n) is 1.50. The number of rotatable bonds is 2. The van der Waals surface area contributed by atoms with Gasteiger partial charge in [0.25, 0.3) is 0 Å². The van der Waals surface area contributed by atoms with Crippen molar-refractivity contribution in [3.05, 3.63) is 0 Å². The smallest absolute Gasteiger partial charge is 0.239 e. The van der Waals surface area contributed by atoms with Gasteiger partial charge in [0.05, 0.1) is 6.04 Å². The van der Waals surface area contributed by atoms with Crippen LogP contribution >= 0.6 is 0 Å². The zero-order valence-corrected chi connectivity index (χ0v) is 5.00. The number of hydrogen-bond acceptors (Lipinski definition) is 3. The maximum Gasteiger partial charge on any atom is 0.239 e. The fourth-order valence-electron chi connectivity index (χ4n) is 0.846. The molecule has 0 radical (unpaired) electrons. The van der Waals surface area contributed by atoms with E-state index >= 15 is 0 Å². The van der Waals surface area contributed by atoms with Crippen LogP contribution in [0.4, 0.5) is 0 Å². The van der Waals surface area contributed by atoms with Crippen LogP contribution in [-0.2, 0) is 4.79 Å². The molecule has 4 N–H and O–H groups in total. The second-order valence-corrected chi connectivity index (χ2v) is 2.15. The zero-order valence-electron chi connectivity index (χ0n) is 5.00. The van der Waals surface area contributed by atoms with Crippen LogP contribution in [0.25, 0.3) is 0 Å². The Bertz CT molecular complexity index is 126. The summed E-state index contributed by atoms with van der Waals surface area (Å²) < 4.78 is 0. The summed E-state index contributed by atoms with van der Waals surface area (Å²) in [5.41, 5.74) is 5.33. The second-order valence-electron chi connectivity index (χ2n) is 2.15. The van der Waals surface area contributed by atoms with Crippen molar-refractivity contribution in [3.63, 3.8) is 0 Å². The molecule has 0 aromatic heterocycles. The van der Waals surface area contributed by atoms with E-state index in [-0.39, 0.29) is 18.6 Å². The summed E-state index contributed by atoms with van der Waals surface area (Å²) in [5, 5.41) is 11.0. The van der Waals surface area contributed by atoms with E-state index in [1.165, 1.54) is 0 Å². The summed E-state index contributed by atoms with van der Waals surface area (Å²) in [6, 6.07) is -0.389. The highest BCUT2D eigenvalue weighted by Gasteiger charge is 2.34. The minimum Gasteiger partial charge on any atom is -0.396 e. The van der Waals surface area contributed by atoms with Crippen molar-refractivity contribution in [1.82, 2.24) is 5.32 Å². The van der Waals surface area contributed by atoms with E-state index in [1.807, 2.05) is 0 Å². The number of aliphatic hydroxyl groups excluding tert-OH is 1. The maximum atomic E-state index is 10.4. The van der Waals surface area contributed by atoms with E-state index in [4.69, 9.17) is 10.8 Å². The van der Waals surface area contributed by atoms with Crippen molar-refractivity contribution in [2.45, 2.75) is 18.5 Å². The molecule has 1 heterocycles. The molecular weight excluding hydrogens is 120 g/mol. The molecule has 52 valence electrons. The number of amides is 1. The average molecular weight is 130 g/mol. The van der Waals surface area contributed by atoms with Crippen LogP contribution in [0.3, 0.4) is 0 Å². The van der Waals surface area contributed by atoms with Crippen molar-refractivity contribution in [1.29, 1.82) is 0 Å². The summed E-state index contributed by atoms with van der Waals surface area (Å²) in [7, 11) is 0. The largest absolute Gasteiger partial charge is 0.396 e. The zero-order chi connectivity index (χ0) is 6.85. The number of carbonyl (C=O) groups excluding carboxylic acids is 1. The molecule has 0 aliphatic carbocycles. The highest BCUT2D eigenvalue weighted by molar-refractivity contribution is 5.88. The fraction of sp³-hybridized carbons (Fsp3) is 0.800. The van der Waals surface area contributed by atoms with Crippen molar-refractivity contribution >= 4 is 5.91 Å².